The number of nitrogens with zero attached hydrogens (tertiary/aromatic N) is 1. The van der Waals surface area contributed by atoms with Gasteiger partial charge in [0.05, 0.1) is 11.6 Å². The molecule has 0 aliphatic rings. The summed E-state index contributed by atoms with van der Waals surface area (Å²) in [5.41, 5.74) is 7.09. The van der Waals surface area contributed by atoms with Crippen LogP contribution in [0.1, 0.15) is 103 Å². The fraction of sp³-hybridized carbons (Fsp3) is 0.417. The zero-order valence-electron chi connectivity index (χ0n) is 26.4. The van der Waals surface area contributed by atoms with Crippen molar-refractivity contribution in [3.63, 3.8) is 0 Å². The monoisotopic (exact) mass is 497 g/mol. The summed E-state index contributed by atoms with van der Waals surface area (Å²) in [4.78, 5) is 0. The Morgan fingerprint density at radius 1 is 0.405 bits per heavy atom. The lowest BCUT2D eigenvalue weighted by atomic mass is 9.82. The van der Waals surface area contributed by atoms with Crippen LogP contribution in [0.3, 0.4) is 0 Å². The van der Waals surface area contributed by atoms with Crippen LogP contribution in [0.15, 0.2) is 36.4 Å². The third-order valence-electron chi connectivity index (χ3n) is 6.23. The molecule has 200 valence electrons. The van der Waals surface area contributed by atoms with E-state index in [0.29, 0.717) is 0 Å². The molecule has 5 rings (SSSR count). The molecule has 0 amide bonds. The lowest BCUT2D eigenvalue weighted by Gasteiger charge is -2.21. The Morgan fingerprint density at radius 3 is 1.16 bits per heavy atom. The average molecular weight is 498 g/mol. The van der Waals surface area contributed by atoms with E-state index in [4.69, 9.17) is 0 Å². The van der Waals surface area contributed by atoms with Crippen molar-refractivity contribution in [3.05, 3.63) is 69.8 Å². The second kappa shape index (κ2) is 15.9. The predicted octanol–water partition coefficient (Wildman–Crippen LogP) is 12.3. The van der Waals surface area contributed by atoms with E-state index in [9.17, 15) is 5.26 Å². The Hall–Kier alpha value is -3.11. The first-order valence-corrected chi connectivity index (χ1v) is 14.4. The maximum atomic E-state index is 9.97. The van der Waals surface area contributed by atoms with Crippen molar-refractivity contribution >= 4 is 43.1 Å². The smallest absolute Gasteiger partial charge is 0.0998 e. The molecular weight excluding hydrogens is 446 g/mol. The minimum Gasteiger partial charge on any atom is -0.192 e. The lowest BCUT2D eigenvalue weighted by Crippen LogP contribution is -1.97. The number of hydrogen-bond acceptors (Lipinski definition) is 1. The van der Waals surface area contributed by atoms with Crippen LogP contribution in [0.4, 0.5) is 0 Å². The van der Waals surface area contributed by atoms with Gasteiger partial charge in [-0.25, -0.2) is 0 Å². The van der Waals surface area contributed by atoms with Crippen LogP contribution in [-0.2, 0) is 0 Å². The maximum absolute atomic E-state index is 9.97. The number of benzene rings is 5. The molecule has 0 N–H and O–H groups in total. The molecule has 1 heteroatoms. The number of fused-ring (bicyclic) bond motifs is 2. The molecule has 0 aromatic heterocycles. The van der Waals surface area contributed by atoms with E-state index in [1.807, 2.05) is 69.2 Å². The van der Waals surface area contributed by atoms with Gasteiger partial charge in [0.25, 0.3) is 0 Å². The van der Waals surface area contributed by atoms with Crippen molar-refractivity contribution in [1.29, 1.82) is 5.26 Å². The van der Waals surface area contributed by atoms with Gasteiger partial charge in [-0.2, -0.15) is 5.26 Å². The maximum Gasteiger partial charge on any atom is 0.0998 e. The molecule has 5 aromatic rings. The first-order valence-electron chi connectivity index (χ1n) is 14.4. The Balaban J connectivity index is 0.00000117. The van der Waals surface area contributed by atoms with Gasteiger partial charge in [-0.1, -0.05) is 99.6 Å². The van der Waals surface area contributed by atoms with E-state index in [2.05, 4.69) is 77.1 Å². The first kappa shape index (κ1) is 33.9. The Labute approximate surface area is 227 Å². The molecule has 0 radical (unpaired) electrons. The summed E-state index contributed by atoms with van der Waals surface area (Å²) in [7, 11) is 0. The van der Waals surface area contributed by atoms with Crippen molar-refractivity contribution in [2.45, 2.75) is 104 Å². The van der Waals surface area contributed by atoms with Gasteiger partial charge in [-0.15, -0.1) is 0 Å². The summed E-state index contributed by atoms with van der Waals surface area (Å²) >= 11 is 0. The largest absolute Gasteiger partial charge is 0.192 e. The van der Waals surface area contributed by atoms with Crippen molar-refractivity contribution in [2.75, 3.05) is 0 Å². The van der Waals surface area contributed by atoms with Gasteiger partial charge in [0.1, 0.15) is 0 Å². The SMILES string of the molecule is CC.CC.CC.CC.CC.Cc1ccc2c3ccc(C)c4c(C)cc(C#N)c(c5c(C)cc(C)c1c25)c43. The molecule has 5 aromatic carbocycles. The predicted molar refractivity (Wildman–Crippen MR) is 173 cm³/mol. The normalized spacial score (nSPS) is 9.46. The molecule has 0 heterocycles. The van der Waals surface area contributed by atoms with Gasteiger partial charge in [-0.3, -0.25) is 0 Å². The quantitative estimate of drug-likeness (QED) is 0.154. The summed E-state index contributed by atoms with van der Waals surface area (Å²) in [5, 5.41) is 20.1. The zero-order chi connectivity index (χ0) is 29.0. The van der Waals surface area contributed by atoms with Gasteiger partial charge >= 0.3 is 0 Å². The molecule has 1 nitrogen and oxygen atoms in total. The standard InChI is InChI=1S/C26H21N.5C2H6/c1-13-6-8-19-20-9-7-14(2)22-17(5)11-18(12-27)24(26(20)22)23-16(4)10-15(3)21(13)25(19)23;5*1-2/h6-11H,1-5H3;5*1-2H3. The highest BCUT2D eigenvalue weighted by molar-refractivity contribution is 6.35. The second-order valence-corrected chi connectivity index (χ2v) is 7.97. The highest BCUT2D eigenvalue weighted by Crippen LogP contribution is 2.45. The highest BCUT2D eigenvalue weighted by Gasteiger charge is 2.20. The Morgan fingerprint density at radius 2 is 0.757 bits per heavy atom. The van der Waals surface area contributed by atoms with Gasteiger partial charge < -0.3 is 0 Å². The van der Waals surface area contributed by atoms with Crippen LogP contribution >= 0.6 is 0 Å². The molecule has 0 unspecified atom stereocenters. The second-order valence-electron chi connectivity index (χ2n) is 7.97. The van der Waals surface area contributed by atoms with E-state index in [-0.39, 0.29) is 0 Å². The van der Waals surface area contributed by atoms with Crippen molar-refractivity contribution in [1.82, 2.24) is 0 Å². The molecule has 0 saturated carbocycles. The summed E-state index contributed by atoms with van der Waals surface area (Å²) in [6, 6.07) is 15.8. The van der Waals surface area contributed by atoms with Crippen molar-refractivity contribution in [2.24, 2.45) is 0 Å². The van der Waals surface area contributed by atoms with Crippen LogP contribution < -0.4 is 0 Å². The summed E-state index contributed by atoms with van der Waals surface area (Å²) in [6.07, 6.45) is 0. The first-order chi connectivity index (χ1) is 17.9. The van der Waals surface area contributed by atoms with Crippen LogP contribution in [0, 0.1) is 45.9 Å². The van der Waals surface area contributed by atoms with Gasteiger partial charge in [0.15, 0.2) is 0 Å². The zero-order valence-corrected chi connectivity index (χ0v) is 26.4. The van der Waals surface area contributed by atoms with Crippen LogP contribution in [-0.4, -0.2) is 0 Å². The number of aryl methyl sites for hydroxylation is 5. The minimum atomic E-state index is 0.784. The summed E-state index contributed by atoms with van der Waals surface area (Å²) < 4.78 is 0. The molecule has 0 aliphatic carbocycles. The van der Waals surface area contributed by atoms with Gasteiger partial charge in [0, 0.05) is 5.39 Å². The molecule has 0 atom stereocenters. The van der Waals surface area contributed by atoms with Crippen molar-refractivity contribution < 1.29 is 0 Å². The third-order valence-corrected chi connectivity index (χ3v) is 6.23. The topological polar surface area (TPSA) is 23.8 Å². The Kier molecular flexibility index (Phi) is 14.5. The van der Waals surface area contributed by atoms with E-state index < -0.39 is 0 Å². The molecule has 0 saturated heterocycles. The summed E-state index contributed by atoms with van der Waals surface area (Å²) in [5.74, 6) is 0. The van der Waals surface area contributed by atoms with Crippen LogP contribution in [0.2, 0.25) is 0 Å². The van der Waals surface area contributed by atoms with Crippen LogP contribution in [0.5, 0.6) is 0 Å². The van der Waals surface area contributed by atoms with E-state index in [0.717, 1.165) is 10.9 Å². The Bertz CT molecular complexity index is 1460. The number of nitriles is 1. The molecular formula is C36H51N. The molecule has 0 aliphatic heterocycles. The van der Waals surface area contributed by atoms with Gasteiger partial charge in [0.2, 0.25) is 0 Å². The molecule has 37 heavy (non-hydrogen) atoms. The number of hydrogen-bond donors (Lipinski definition) is 0. The van der Waals surface area contributed by atoms with Gasteiger partial charge in [-0.05, 0) is 106 Å². The number of rotatable bonds is 0. The fourth-order valence-electron chi connectivity index (χ4n) is 5.23. The fourth-order valence-corrected chi connectivity index (χ4v) is 5.23. The molecule has 0 spiro atoms. The minimum absolute atomic E-state index is 0.784. The highest BCUT2D eigenvalue weighted by atomic mass is 14.3. The van der Waals surface area contributed by atoms with Crippen LogP contribution in [0.25, 0.3) is 43.1 Å². The summed E-state index contributed by atoms with van der Waals surface area (Å²) in [6.45, 7) is 30.9. The van der Waals surface area contributed by atoms with E-state index in [1.165, 1.54) is 65.5 Å². The van der Waals surface area contributed by atoms with E-state index in [1.54, 1.807) is 0 Å². The molecule has 0 bridgehead atoms. The van der Waals surface area contributed by atoms with E-state index >= 15 is 0 Å². The average Bonchev–Trinajstić information content (AvgIpc) is 2.95. The third kappa shape index (κ3) is 5.91. The van der Waals surface area contributed by atoms with Crippen molar-refractivity contribution in [3.8, 4) is 6.07 Å². The molecule has 0 fully saturated rings. The lowest BCUT2D eigenvalue weighted by molar-refractivity contribution is 1.42.